The van der Waals surface area contributed by atoms with E-state index in [1.54, 1.807) is 13.8 Å². The number of pyridine rings is 1. The van der Waals surface area contributed by atoms with Crippen LogP contribution in [0, 0.1) is 6.92 Å². The summed E-state index contributed by atoms with van der Waals surface area (Å²) in [6.07, 6.45) is 1.66. The van der Waals surface area contributed by atoms with Gasteiger partial charge < -0.3 is 9.47 Å². The molecule has 0 bridgehead atoms. The van der Waals surface area contributed by atoms with Crippen LogP contribution in [-0.4, -0.2) is 54.4 Å². The number of nitrogens with zero attached hydrogens (tertiary/aromatic N) is 2. The first kappa shape index (κ1) is 17.8. The average molecular weight is 354 g/mol. The monoisotopic (exact) mass is 354 g/mol. The Morgan fingerprint density at radius 3 is 2.83 bits per heavy atom. The zero-order valence-electron chi connectivity index (χ0n) is 14.6. The van der Waals surface area contributed by atoms with E-state index in [9.17, 15) is 8.42 Å². The second-order valence-electron chi connectivity index (χ2n) is 7.09. The van der Waals surface area contributed by atoms with E-state index in [2.05, 4.69) is 4.98 Å². The van der Waals surface area contributed by atoms with Crippen molar-refractivity contribution in [1.29, 1.82) is 0 Å². The minimum Gasteiger partial charge on any atom is -0.372 e. The van der Waals surface area contributed by atoms with Gasteiger partial charge in [-0.25, -0.2) is 8.42 Å². The van der Waals surface area contributed by atoms with Crippen LogP contribution in [0.25, 0.3) is 0 Å². The minimum absolute atomic E-state index is 0.0879. The standard InChI is InChI=1S/C17H26N2O4S/c1-13(2)24(20,21)19-11-17(12-19)9-16(7-8-23-17)22-10-15-6-4-5-14(3)18-15/h4-6,13,16H,7-12H2,1-3H3/t16-/m0/s1. The molecule has 2 aliphatic rings. The Morgan fingerprint density at radius 1 is 1.42 bits per heavy atom. The van der Waals surface area contributed by atoms with Crippen molar-refractivity contribution in [2.75, 3.05) is 19.7 Å². The highest BCUT2D eigenvalue weighted by atomic mass is 32.2. The van der Waals surface area contributed by atoms with Gasteiger partial charge in [-0.3, -0.25) is 4.98 Å². The van der Waals surface area contributed by atoms with Gasteiger partial charge in [0.2, 0.25) is 10.0 Å². The second kappa shape index (κ2) is 6.71. The van der Waals surface area contributed by atoms with Gasteiger partial charge in [-0.05, 0) is 39.3 Å². The van der Waals surface area contributed by atoms with Crippen molar-refractivity contribution in [2.45, 2.75) is 57.2 Å². The van der Waals surface area contributed by atoms with E-state index in [1.807, 2.05) is 25.1 Å². The summed E-state index contributed by atoms with van der Waals surface area (Å²) in [5.74, 6) is 0. The molecule has 0 unspecified atom stereocenters. The maximum atomic E-state index is 12.2. The topological polar surface area (TPSA) is 68.7 Å². The number of ether oxygens (including phenoxy) is 2. The number of aromatic nitrogens is 1. The van der Waals surface area contributed by atoms with E-state index in [0.29, 0.717) is 26.3 Å². The van der Waals surface area contributed by atoms with E-state index in [-0.39, 0.29) is 11.7 Å². The van der Waals surface area contributed by atoms with Gasteiger partial charge in [0.25, 0.3) is 0 Å². The highest BCUT2D eigenvalue weighted by molar-refractivity contribution is 7.89. The SMILES string of the molecule is Cc1cccc(CO[C@H]2CCOC3(C2)CN(S(=O)(=O)C(C)C)C3)n1. The lowest BCUT2D eigenvalue weighted by atomic mass is 9.86. The molecular weight excluding hydrogens is 328 g/mol. The van der Waals surface area contributed by atoms with Gasteiger partial charge in [0.15, 0.2) is 0 Å². The highest BCUT2D eigenvalue weighted by Crippen LogP contribution is 2.37. The molecular formula is C17H26N2O4S. The lowest BCUT2D eigenvalue weighted by molar-refractivity contribution is -0.180. The molecule has 2 aliphatic heterocycles. The van der Waals surface area contributed by atoms with Gasteiger partial charge in [0.05, 0.1) is 29.3 Å². The molecule has 0 amide bonds. The first-order valence-corrected chi connectivity index (χ1v) is 9.98. The Hall–Kier alpha value is -1.02. The molecule has 1 aromatic heterocycles. The fourth-order valence-corrected chi connectivity index (χ4v) is 4.73. The number of rotatable bonds is 5. The summed E-state index contributed by atoms with van der Waals surface area (Å²) in [4.78, 5) is 4.45. The van der Waals surface area contributed by atoms with E-state index in [4.69, 9.17) is 9.47 Å². The van der Waals surface area contributed by atoms with Crippen molar-refractivity contribution >= 4 is 10.0 Å². The van der Waals surface area contributed by atoms with Crippen LogP contribution in [0.2, 0.25) is 0 Å². The molecule has 24 heavy (non-hydrogen) atoms. The molecule has 2 fully saturated rings. The molecule has 1 spiro atoms. The Morgan fingerprint density at radius 2 is 2.17 bits per heavy atom. The van der Waals surface area contributed by atoms with Crippen LogP contribution in [0.3, 0.4) is 0 Å². The molecule has 0 aliphatic carbocycles. The minimum atomic E-state index is -3.19. The van der Waals surface area contributed by atoms with Gasteiger partial charge in [-0.1, -0.05) is 6.07 Å². The molecule has 0 N–H and O–H groups in total. The number of sulfonamides is 1. The molecule has 3 heterocycles. The van der Waals surface area contributed by atoms with Crippen LogP contribution >= 0.6 is 0 Å². The van der Waals surface area contributed by atoms with Gasteiger partial charge >= 0.3 is 0 Å². The summed E-state index contributed by atoms with van der Waals surface area (Å²) in [6.45, 7) is 7.36. The lowest BCUT2D eigenvalue weighted by Crippen LogP contribution is -2.67. The molecule has 1 aromatic rings. The fourth-order valence-electron chi connectivity index (χ4n) is 3.30. The molecule has 0 saturated carbocycles. The first-order valence-electron chi connectivity index (χ1n) is 8.48. The number of hydrogen-bond donors (Lipinski definition) is 0. The third-order valence-electron chi connectivity index (χ3n) is 4.75. The molecule has 7 heteroatoms. The Labute approximate surface area is 144 Å². The summed E-state index contributed by atoms with van der Waals surface area (Å²) in [7, 11) is -3.19. The third kappa shape index (κ3) is 3.64. The zero-order chi connectivity index (χ0) is 17.4. The molecule has 3 rings (SSSR count). The van der Waals surface area contributed by atoms with Crippen molar-refractivity contribution < 1.29 is 17.9 Å². The molecule has 0 aromatic carbocycles. The first-order chi connectivity index (χ1) is 11.3. The van der Waals surface area contributed by atoms with Crippen LogP contribution in [0.5, 0.6) is 0 Å². The van der Waals surface area contributed by atoms with E-state index in [1.165, 1.54) is 4.31 Å². The predicted molar refractivity (Wildman–Crippen MR) is 91.1 cm³/mol. The number of aryl methyl sites for hydroxylation is 1. The largest absolute Gasteiger partial charge is 0.372 e. The smallest absolute Gasteiger partial charge is 0.216 e. The summed E-state index contributed by atoms with van der Waals surface area (Å²) in [5, 5.41) is -0.391. The lowest BCUT2D eigenvalue weighted by Gasteiger charge is -2.52. The van der Waals surface area contributed by atoms with Crippen LogP contribution < -0.4 is 0 Å². The predicted octanol–water partition coefficient (Wildman–Crippen LogP) is 1.88. The van der Waals surface area contributed by atoms with Crippen molar-refractivity contribution in [1.82, 2.24) is 9.29 Å². The maximum Gasteiger partial charge on any atom is 0.216 e. The summed E-state index contributed by atoms with van der Waals surface area (Å²) < 4.78 is 37.8. The molecule has 1 atom stereocenters. The summed E-state index contributed by atoms with van der Waals surface area (Å²) in [6, 6.07) is 5.90. The Kier molecular flexibility index (Phi) is 4.97. The van der Waals surface area contributed by atoms with E-state index >= 15 is 0 Å². The summed E-state index contributed by atoms with van der Waals surface area (Å²) >= 11 is 0. The van der Waals surface area contributed by atoms with Gasteiger partial charge in [-0.2, -0.15) is 4.31 Å². The van der Waals surface area contributed by atoms with E-state index in [0.717, 1.165) is 24.2 Å². The molecule has 0 radical (unpaired) electrons. The number of hydrogen-bond acceptors (Lipinski definition) is 5. The Bertz CT molecular complexity index is 684. The normalized spacial score (nSPS) is 24.2. The fraction of sp³-hybridized carbons (Fsp3) is 0.706. The third-order valence-corrected chi connectivity index (χ3v) is 6.91. The van der Waals surface area contributed by atoms with Crippen molar-refractivity contribution in [2.24, 2.45) is 0 Å². The quantitative estimate of drug-likeness (QED) is 0.807. The maximum absolute atomic E-state index is 12.2. The van der Waals surface area contributed by atoms with Crippen LogP contribution in [0.1, 0.15) is 38.1 Å². The summed E-state index contributed by atoms with van der Waals surface area (Å²) in [5.41, 5.74) is 1.53. The Balaban J connectivity index is 1.54. The van der Waals surface area contributed by atoms with Crippen molar-refractivity contribution in [3.05, 3.63) is 29.6 Å². The molecule has 6 nitrogen and oxygen atoms in total. The van der Waals surface area contributed by atoms with Crippen LogP contribution in [0.15, 0.2) is 18.2 Å². The van der Waals surface area contributed by atoms with Gasteiger partial charge in [0.1, 0.15) is 0 Å². The average Bonchev–Trinajstić information content (AvgIpc) is 2.50. The second-order valence-corrected chi connectivity index (χ2v) is 9.58. The van der Waals surface area contributed by atoms with Gasteiger partial charge in [-0.15, -0.1) is 0 Å². The molecule has 2 saturated heterocycles. The van der Waals surface area contributed by atoms with Crippen molar-refractivity contribution in [3.63, 3.8) is 0 Å². The van der Waals surface area contributed by atoms with Crippen LogP contribution in [-0.2, 0) is 26.1 Å². The van der Waals surface area contributed by atoms with Crippen molar-refractivity contribution in [3.8, 4) is 0 Å². The van der Waals surface area contributed by atoms with E-state index < -0.39 is 15.3 Å². The van der Waals surface area contributed by atoms with Gasteiger partial charge in [0, 0.05) is 31.8 Å². The molecule has 134 valence electrons. The zero-order valence-corrected chi connectivity index (χ0v) is 15.4. The highest BCUT2D eigenvalue weighted by Gasteiger charge is 2.52. The van der Waals surface area contributed by atoms with Crippen LogP contribution in [0.4, 0.5) is 0 Å².